The zero-order valence-electron chi connectivity index (χ0n) is 18.1. The molecule has 2 aromatic carbocycles. The first-order valence-electron chi connectivity index (χ1n) is 10.6. The number of hydrogen-bond acceptors (Lipinski definition) is 5. The normalized spacial score (nSPS) is 12.3. The Morgan fingerprint density at radius 2 is 1.77 bits per heavy atom. The second-order valence-corrected chi connectivity index (χ2v) is 7.95. The van der Waals surface area contributed by atoms with Gasteiger partial charge in [-0.1, -0.05) is 12.1 Å². The van der Waals surface area contributed by atoms with Crippen LogP contribution in [0.2, 0.25) is 0 Å². The molecule has 4 aromatic rings. The highest BCUT2D eigenvalue weighted by atomic mass is 19.1. The first-order chi connectivity index (χ1) is 16.9. The molecule has 1 aliphatic rings. The number of anilines is 1. The fourth-order valence-corrected chi connectivity index (χ4v) is 3.87. The van der Waals surface area contributed by atoms with E-state index in [1.807, 2.05) is 0 Å². The van der Waals surface area contributed by atoms with Crippen LogP contribution in [0.4, 0.5) is 14.5 Å². The summed E-state index contributed by atoms with van der Waals surface area (Å²) in [5.41, 5.74) is 1.25. The van der Waals surface area contributed by atoms with Gasteiger partial charge in [-0.3, -0.25) is 19.4 Å². The van der Waals surface area contributed by atoms with Gasteiger partial charge in [-0.05, 0) is 35.9 Å². The molecule has 2 aromatic heterocycles. The van der Waals surface area contributed by atoms with E-state index in [1.165, 1.54) is 55.0 Å². The Balaban J connectivity index is 1.35. The third-order valence-corrected chi connectivity index (χ3v) is 5.59. The summed E-state index contributed by atoms with van der Waals surface area (Å²) < 4.78 is 33.6. The number of nitrogens with one attached hydrogen (secondary N) is 2. The van der Waals surface area contributed by atoms with E-state index < -0.39 is 23.0 Å². The number of halogens is 2. The fourth-order valence-electron chi connectivity index (χ4n) is 3.87. The molecule has 174 valence electrons. The average Bonchev–Trinajstić information content (AvgIpc) is 3.23. The minimum atomic E-state index is -0.744. The van der Waals surface area contributed by atoms with E-state index in [4.69, 9.17) is 4.74 Å². The number of ether oxygens (including phenoxy) is 1. The maximum atomic E-state index is 14.8. The van der Waals surface area contributed by atoms with Crippen molar-refractivity contribution in [2.75, 3.05) is 5.32 Å². The molecular formula is C26H17F2N3O4. The van der Waals surface area contributed by atoms with Crippen LogP contribution in [0.5, 0.6) is 11.5 Å². The molecule has 0 atom stereocenters. The Kier molecular flexibility index (Phi) is 5.66. The number of rotatable bonds is 5. The van der Waals surface area contributed by atoms with Crippen molar-refractivity contribution < 1.29 is 23.1 Å². The first kappa shape index (κ1) is 22.1. The zero-order valence-corrected chi connectivity index (χ0v) is 18.1. The molecule has 2 heterocycles. The van der Waals surface area contributed by atoms with Gasteiger partial charge in [-0.25, -0.2) is 8.78 Å². The molecule has 0 fully saturated rings. The van der Waals surface area contributed by atoms with Gasteiger partial charge in [0.1, 0.15) is 22.9 Å². The van der Waals surface area contributed by atoms with Gasteiger partial charge in [-0.15, -0.1) is 0 Å². The Morgan fingerprint density at radius 3 is 2.54 bits per heavy atom. The van der Waals surface area contributed by atoms with E-state index in [1.54, 1.807) is 6.07 Å². The van der Waals surface area contributed by atoms with E-state index in [2.05, 4.69) is 15.3 Å². The summed E-state index contributed by atoms with van der Waals surface area (Å²) >= 11 is 0. The van der Waals surface area contributed by atoms with Gasteiger partial charge in [0.05, 0.1) is 5.69 Å². The predicted octanol–water partition coefficient (Wildman–Crippen LogP) is 4.43. The van der Waals surface area contributed by atoms with Crippen molar-refractivity contribution in [3.8, 4) is 22.6 Å². The summed E-state index contributed by atoms with van der Waals surface area (Å²) in [4.78, 5) is 44.2. The largest absolute Gasteiger partial charge is 0.454 e. The van der Waals surface area contributed by atoms with Gasteiger partial charge in [0.25, 0.3) is 5.91 Å². The minimum absolute atomic E-state index is 0.0144. The number of benzene rings is 2. The van der Waals surface area contributed by atoms with Crippen molar-refractivity contribution in [2.45, 2.75) is 12.8 Å². The van der Waals surface area contributed by atoms with Crippen LogP contribution in [-0.2, 0) is 17.6 Å². The standard InChI is InChI=1S/C26H17F2N3O4/c27-15-3-1-14(2-4-15)19-12-29-13-20(25(19)33)26(34)31-16-5-6-24(21(28)9-16)35-23-7-8-30-22-11-17(32)10-18(22)23/h1-9,12-13H,10-11H2,(H,29,33)(H,31,34). The number of amides is 1. The number of carbonyl (C=O) groups is 2. The molecule has 0 aliphatic heterocycles. The highest BCUT2D eigenvalue weighted by Crippen LogP contribution is 2.33. The van der Waals surface area contributed by atoms with Crippen molar-refractivity contribution in [3.05, 3.63) is 106 Å². The lowest BCUT2D eigenvalue weighted by Gasteiger charge is -2.12. The second kappa shape index (κ2) is 8.94. The fraction of sp³-hybridized carbons (Fsp3) is 0.0769. The van der Waals surface area contributed by atoms with Gasteiger partial charge in [0, 0.05) is 54.3 Å². The molecule has 0 saturated carbocycles. The lowest BCUT2D eigenvalue weighted by Crippen LogP contribution is -2.22. The van der Waals surface area contributed by atoms with E-state index in [0.29, 0.717) is 22.6 Å². The number of H-pyrrole nitrogens is 1. The number of aromatic amines is 1. The molecule has 7 nitrogen and oxygen atoms in total. The molecular weight excluding hydrogens is 456 g/mol. The number of ketones is 1. The van der Waals surface area contributed by atoms with Crippen molar-refractivity contribution >= 4 is 17.4 Å². The molecule has 2 N–H and O–H groups in total. The molecule has 1 amide bonds. The topological polar surface area (TPSA) is 101 Å². The molecule has 0 radical (unpaired) electrons. The van der Waals surface area contributed by atoms with Gasteiger partial charge in [0.2, 0.25) is 5.43 Å². The maximum absolute atomic E-state index is 14.8. The summed E-state index contributed by atoms with van der Waals surface area (Å²) in [5, 5.41) is 2.50. The molecule has 0 spiro atoms. The van der Waals surface area contributed by atoms with Crippen molar-refractivity contribution in [3.63, 3.8) is 0 Å². The van der Waals surface area contributed by atoms with E-state index in [-0.39, 0.29) is 41.2 Å². The van der Waals surface area contributed by atoms with Gasteiger partial charge < -0.3 is 15.0 Å². The lowest BCUT2D eigenvalue weighted by atomic mass is 10.0. The van der Waals surface area contributed by atoms with Crippen LogP contribution in [0.25, 0.3) is 11.1 Å². The van der Waals surface area contributed by atoms with Crippen molar-refractivity contribution in [1.29, 1.82) is 0 Å². The number of carbonyl (C=O) groups excluding carboxylic acids is 2. The van der Waals surface area contributed by atoms with Gasteiger partial charge in [-0.2, -0.15) is 0 Å². The highest BCUT2D eigenvalue weighted by molar-refractivity contribution is 6.04. The molecule has 1 aliphatic carbocycles. The van der Waals surface area contributed by atoms with E-state index in [9.17, 15) is 23.2 Å². The summed E-state index contributed by atoms with van der Waals surface area (Å²) in [6.45, 7) is 0. The highest BCUT2D eigenvalue weighted by Gasteiger charge is 2.24. The molecule has 9 heteroatoms. The Labute approximate surface area is 197 Å². The number of nitrogens with zero attached hydrogens (tertiary/aromatic N) is 1. The van der Waals surface area contributed by atoms with Crippen LogP contribution in [0.15, 0.2) is 71.9 Å². The van der Waals surface area contributed by atoms with Crippen LogP contribution in [0.3, 0.4) is 0 Å². The minimum Gasteiger partial charge on any atom is -0.454 e. The third kappa shape index (κ3) is 4.43. The molecule has 0 bridgehead atoms. The summed E-state index contributed by atoms with van der Waals surface area (Å²) in [7, 11) is 0. The van der Waals surface area contributed by atoms with Crippen LogP contribution < -0.4 is 15.5 Å². The van der Waals surface area contributed by atoms with Crippen molar-refractivity contribution in [1.82, 2.24) is 9.97 Å². The van der Waals surface area contributed by atoms with Crippen LogP contribution in [0.1, 0.15) is 21.6 Å². The first-order valence-corrected chi connectivity index (χ1v) is 10.6. The molecule has 5 rings (SSSR count). The molecule has 0 saturated heterocycles. The number of pyridine rings is 2. The predicted molar refractivity (Wildman–Crippen MR) is 124 cm³/mol. The Hall–Kier alpha value is -4.66. The monoisotopic (exact) mass is 473 g/mol. The summed E-state index contributed by atoms with van der Waals surface area (Å²) in [6.07, 6.45) is 4.56. The number of aromatic nitrogens is 2. The lowest BCUT2D eigenvalue weighted by molar-refractivity contribution is -0.117. The smallest absolute Gasteiger partial charge is 0.261 e. The number of hydrogen-bond donors (Lipinski definition) is 2. The quantitative estimate of drug-likeness (QED) is 0.447. The summed E-state index contributed by atoms with van der Waals surface area (Å²) in [6, 6.07) is 10.7. The number of Topliss-reactive ketones (excluding diaryl/α,β-unsaturated/α-hetero) is 1. The third-order valence-electron chi connectivity index (χ3n) is 5.59. The van der Waals surface area contributed by atoms with Crippen molar-refractivity contribution in [2.24, 2.45) is 0 Å². The Morgan fingerprint density at radius 1 is 0.971 bits per heavy atom. The maximum Gasteiger partial charge on any atom is 0.261 e. The van der Waals surface area contributed by atoms with Gasteiger partial charge >= 0.3 is 0 Å². The molecule has 35 heavy (non-hydrogen) atoms. The summed E-state index contributed by atoms with van der Waals surface area (Å²) in [5.74, 6) is -1.66. The van der Waals surface area contributed by atoms with Crippen LogP contribution in [-0.4, -0.2) is 21.7 Å². The second-order valence-electron chi connectivity index (χ2n) is 7.95. The number of fused-ring (bicyclic) bond motifs is 1. The SMILES string of the molecule is O=C1Cc2nccc(Oc3ccc(NC(=O)c4c[nH]cc(-c5ccc(F)cc5)c4=O)cc3F)c2C1. The van der Waals surface area contributed by atoms with Gasteiger partial charge in [0.15, 0.2) is 11.6 Å². The Bertz CT molecular complexity index is 1530. The van der Waals surface area contributed by atoms with E-state index in [0.717, 1.165) is 6.07 Å². The van der Waals surface area contributed by atoms with Crippen LogP contribution in [0, 0.1) is 11.6 Å². The average molecular weight is 473 g/mol. The molecule has 0 unspecified atom stereocenters. The van der Waals surface area contributed by atoms with E-state index >= 15 is 0 Å². The zero-order chi connectivity index (χ0) is 24.5. The van der Waals surface area contributed by atoms with Crippen LogP contribution >= 0.6 is 0 Å².